The van der Waals surface area contributed by atoms with Gasteiger partial charge in [0, 0.05) is 24.2 Å². The Kier molecular flexibility index (Phi) is 2.88. The van der Waals surface area contributed by atoms with Crippen LogP contribution in [0.2, 0.25) is 0 Å². The molecule has 1 atom stereocenters. The molecule has 1 aromatic heterocycles. The monoisotopic (exact) mass is 242 g/mol. The zero-order valence-corrected chi connectivity index (χ0v) is 10.6. The maximum atomic E-state index is 5.77. The Morgan fingerprint density at radius 3 is 3.06 bits per heavy atom. The number of rotatable bonds is 2. The van der Waals surface area contributed by atoms with Crippen LogP contribution in [0, 0.1) is 12.8 Å². The molecule has 0 amide bonds. The molecule has 3 rings (SSSR count). The van der Waals surface area contributed by atoms with Crippen molar-refractivity contribution in [2.45, 2.75) is 13.3 Å². The van der Waals surface area contributed by atoms with Gasteiger partial charge in [-0.2, -0.15) is 0 Å². The van der Waals surface area contributed by atoms with Gasteiger partial charge in [-0.05, 0) is 37.9 Å². The van der Waals surface area contributed by atoms with E-state index in [4.69, 9.17) is 5.73 Å². The fourth-order valence-electron chi connectivity index (χ4n) is 2.76. The van der Waals surface area contributed by atoms with Gasteiger partial charge < -0.3 is 10.6 Å². The van der Waals surface area contributed by atoms with Crippen LogP contribution in [0.4, 0.5) is 5.69 Å². The average molecular weight is 242 g/mol. The first-order chi connectivity index (χ1) is 8.79. The predicted octanol–water partition coefficient (Wildman–Crippen LogP) is 1.72. The van der Waals surface area contributed by atoms with Crippen LogP contribution in [-0.2, 0) is 0 Å². The molecule has 1 aliphatic rings. The van der Waals surface area contributed by atoms with E-state index in [1.165, 1.54) is 17.5 Å². The maximum absolute atomic E-state index is 5.77. The number of nitrogens with zero attached hydrogens (tertiary/aromatic N) is 3. The summed E-state index contributed by atoms with van der Waals surface area (Å²) in [6.07, 6.45) is 2.81. The third-order valence-electron chi connectivity index (χ3n) is 3.79. The first-order valence-corrected chi connectivity index (χ1v) is 6.45. The van der Waals surface area contributed by atoms with Gasteiger partial charge in [0.25, 0.3) is 0 Å². The summed E-state index contributed by atoms with van der Waals surface area (Å²) >= 11 is 0. The molecule has 2 heterocycles. The van der Waals surface area contributed by atoms with Gasteiger partial charge in [-0.25, -0.2) is 9.97 Å². The van der Waals surface area contributed by atoms with Crippen molar-refractivity contribution in [1.29, 1.82) is 0 Å². The van der Waals surface area contributed by atoms with Gasteiger partial charge in [-0.15, -0.1) is 0 Å². The van der Waals surface area contributed by atoms with E-state index in [1.54, 1.807) is 6.33 Å². The minimum atomic E-state index is 0.616. The summed E-state index contributed by atoms with van der Waals surface area (Å²) < 4.78 is 0. The SMILES string of the molecule is Cc1ncnc2cccc(N3CCC(CN)C3)c12. The van der Waals surface area contributed by atoms with Crippen LogP contribution in [0.5, 0.6) is 0 Å². The summed E-state index contributed by atoms with van der Waals surface area (Å²) in [5.74, 6) is 0.616. The fourth-order valence-corrected chi connectivity index (χ4v) is 2.76. The van der Waals surface area contributed by atoms with Crippen LogP contribution in [0.15, 0.2) is 24.5 Å². The van der Waals surface area contributed by atoms with Gasteiger partial charge in [0.1, 0.15) is 6.33 Å². The number of benzene rings is 1. The van der Waals surface area contributed by atoms with Crippen LogP contribution < -0.4 is 10.6 Å². The highest BCUT2D eigenvalue weighted by molar-refractivity contribution is 5.93. The Morgan fingerprint density at radius 2 is 2.28 bits per heavy atom. The minimum absolute atomic E-state index is 0.616. The molecule has 18 heavy (non-hydrogen) atoms. The molecule has 1 saturated heterocycles. The molecule has 0 bridgehead atoms. The molecular formula is C14H18N4. The molecule has 94 valence electrons. The number of aryl methyl sites for hydroxylation is 1. The zero-order valence-electron chi connectivity index (χ0n) is 10.6. The second-order valence-corrected chi connectivity index (χ2v) is 4.97. The quantitative estimate of drug-likeness (QED) is 0.871. The molecule has 0 spiro atoms. The van der Waals surface area contributed by atoms with E-state index in [2.05, 4.69) is 27.0 Å². The van der Waals surface area contributed by atoms with Gasteiger partial charge in [0.2, 0.25) is 0 Å². The van der Waals surface area contributed by atoms with E-state index in [9.17, 15) is 0 Å². The number of fused-ring (bicyclic) bond motifs is 1. The lowest BCUT2D eigenvalue weighted by molar-refractivity contribution is 0.603. The molecule has 1 fully saturated rings. The van der Waals surface area contributed by atoms with Crippen molar-refractivity contribution in [2.24, 2.45) is 11.7 Å². The average Bonchev–Trinajstić information content (AvgIpc) is 2.87. The Bertz CT molecular complexity index is 561. The van der Waals surface area contributed by atoms with E-state index < -0.39 is 0 Å². The van der Waals surface area contributed by atoms with Gasteiger partial charge >= 0.3 is 0 Å². The van der Waals surface area contributed by atoms with E-state index in [0.29, 0.717) is 5.92 Å². The molecule has 0 saturated carbocycles. The molecule has 2 N–H and O–H groups in total. The molecule has 4 heteroatoms. The molecule has 4 nitrogen and oxygen atoms in total. The van der Waals surface area contributed by atoms with E-state index in [1.807, 2.05) is 13.0 Å². The van der Waals surface area contributed by atoms with Crippen molar-refractivity contribution in [3.63, 3.8) is 0 Å². The summed E-state index contributed by atoms with van der Waals surface area (Å²) in [6.45, 7) is 4.94. The standard InChI is InChI=1S/C14H18N4/c1-10-14-12(17-9-16-10)3-2-4-13(14)18-6-5-11(7-15)8-18/h2-4,9,11H,5-8,15H2,1H3. The van der Waals surface area contributed by atoms with Crippen LogP contribution in [-0.4, -0.2) is 29.6 Å². The molecule has 1 aliphatic heterocycles. The van der Waals surface area contributed by atoms with Gasteiger partial charge in [0.15, 0.2) is 0 Å². The zero-order chi connectivity index (χ0) is 12.5. The van der Waals surface area contributed by atoms with Gasteiger partial charge in [0.05, 0.1) is 11.2 Å². The van der Waals surface area contributed by atoms with Crippen LogP contribution in [0.25, 0.3) is 10.9 Å². The van der Waals surface area contributed by atoms with E-state index in [0.717, 1.165) is 30.8 Å². The molecular weight excluding hydrogens is 224 g/mol. The summed E-state index contributed by atoms with van der Waals surface area (Å²) in [6, 6.07) is 6.28. The Hall–Kier alpha value is -1.68. The third-order valence-corrected chi connectivity index (χ3v) is 3.79. The first-order valence-electron chi connectivity index (χ1n) is 6.45. The fraction of sp³-hybridized carbons (Fsp3) is 0.429. The molecule has 0 radical (unpaired) electrons. The lowest BCUT2D eigenvalue weighted by atomic mass is 10.1. The van der Waals surface area contributed by atoms with Crippen LogP contribution in [0.1, 0.15) is 12.1 Å². The lowest BCUT2D eigenvalue weighted by Crippen LogP contribution is -2.23. The normalized spacial score (nSPS) is 19.7. The predicted molar refractivity (Wildman–Crippen MR) is 73.6 cm³/mol. The minimum Gasteiger partial charge on any atom is -0.371 e. The van der Waals surface area contributed by atoms with Crippen molar-refractivity contribution in [2.75, 3.05) is 24.5 Å². The van der Waals surface area contributed by atoms with Crippen molar-refractivity contribution < 1.29 is 0 Å². The third kappa shape index (κ3) is 1.82. The second kappa shape index (κ2) is 4.53. The Labute approximate surface area is 107 Å². The lowest BCUT2D eigenvalue weighted by Gasteiger charge is -2.21. The highest BCUT2D eigenvalue weighted by Gasteiger charge is 2.23. The summed E-state index contributed by atoms with van der Waals surface area (Å²) in [5, 5.41) is 1.18. The number of nitrogens with two attached hydrogens (primary N) is 1. The number of aromatic nitrogens is 2. The summed E-state index contributed by atoms with van der Waals surface area (Å²) in [4.78, 5) is 11.1. The largest absolute Gasteiger partial charge is 0.371 e. The smallest absolute Gasteiger partial charge is 0.116 e. The van der Waals surface area contributed by atoms with Crippen molar-refractivity contribution in [3.05, 3.63) is 30.2 Å². The van der Waals surface area contributed by atoms with Crippen LogP contribution in [0.3, 0.4) is 0 Å². The van der Waals surface area contributed by atoms with Crippen LogP contribution >= 0.6 is 0 Å². The Balaban J connectivity index is 2.07. The molecule has 1 aromatic carbocycles. The van der Waals surface area contributed by atoms with Crippen molar-refractivity contribution in [3.8, 4) is 0 Å². The maximum Gasteiger partial charge on any atom is 0.116 e. The van der Waals surface area contributed by atoms with Gasteiger partial charge in [-0.1, -0.05) is 6.07 Å². The summed E-state index contributed by atoms with van der Waals surface area (Å²) in [5.41, 5.74) is 9.09. The highest BCUT2D eigenvalue weighted by Crippen LogP contribution is 2.31. The topological polar surface area (TPSA) is 55.0 Å². The van der Waals surface area contributed by atoms with Gasteiger partial charge in [-0.3, -0.25) is 0 Å². The second-order valence-electron chi connectivity index (χ2n) is 4.97. The highest BCUT2D eigenvalue weighted by atomic mass is 15.2. The number of hydrogen-bond acceptors (Lipinski definition) is 4. The van der Waals surface area contributed by atoms with E-state index in [-0.39, 0.29) is 0 Å². The van der Waals surface area contributed by atoms with E-state index >= 15 is 0 Å². The molecule has 0 aliphatic carbocycles. The van der Waals surface area contributed by atoms with Crippen molar-refractivity contribution in [1.82, 2.24) is 9.97 Å². The number of anilines is 1. The Morgan fingerprint density at radius 1 is 1.39 bits per heavy atom. The number of hydrogen-bond donors (Lipinski definition) is 1. The molecule has 2 aromatic rings. The summed E-state index contributed by atoms with van der Waals surface area (Å²) in [7, 11) is 0. The first kappa shape index (κ1) is 11.4. The van der Waals surface area contributed by atoms with Crippen molar-refractivity contribution >= 4 is 16.6 Å². The molecule has 1 unspecified atom stereocenters.